The lowest BCUT2D eigenvalue weighted by Crippen LogP contribution is -2.41. The molecule has 0 heterocycles. The molecule has 0 radical (unpaired) electrons. The monoisotopic (exact) mass is 623 g/mol. The van der Waals surface area contributed by atoms with Crippen LogP contribution in [-0.4, -0.2) is 93.1 Å². The molecule has 0 fully saturated rings. The molecule has 0 saturated heterocycles. The van der Waals surface area contributed by atoms with Gasteiger partial charge in [0.15, 0.2) is 23.0 Å². The van der Waals surface area contributed by atoms with Crippen molar-refractivity contribution in [2.75, 3.05) is 54.7 Å². The SMILES string of the molecule is COC(=O)c1cc(OC)c(OCCN(CCOc2cc([N+](=O)[O-])c(C(=O)OC)cc2OC)C(=O)OC(C)(C)C)cc1[N+](=O)[O-]. The number of ether oxygens (including phenoxy) is 7. The summed E-state index contributed by atoms with van der Waals surface area (Å²) in [5.74, 6) is -2.02. The van der Waals surface area contributed by atoms with E-state index in [-0.39, 0.29) is 60.4 Å². The molecule has 17 heteroatoms. The highest BCUT2D eigenvalue weighted by atomic mass is 16.6. The van der Waals surface area contributed by atoms with Crippen LogP contribution in [0.3, 0.4) is 0 Å². The Morgan fingerprint density at radius 3 is 1.39 bits per heavy atom. The van der Waals surface area contributed by atoms with E-state index in [1.165, 1.54) is 19.1 Å². The Morgan fingerprint density at radius 2 is 1.09 bits per heavy atom. The smallest absolute Gasteiger partial charge is 0.410 e. The molecule has 240 valence electrons. The number of methoxy groups -OCH3 is 4. The zero-order valence-electron chi connectivity index (χ0n) is 25.2. The number of hydrogen-bond donors (Lipinski definition) is 0. The Labute approximate surface area is 251 Å². The first-order valence-corrected chi connectivity index (χ1v) is 12.8. The van der Waals surface area contributed by atoms with Crippen LogP contribution in [0.5, 0.6) is 23.0 Å². The maximum atomic E-state index is 12.9. The Balaban J connectivity index is 2.27. The number of nitro benzene ring substituents is 2. The number of carbonyl (C=O) groups excluding carboxylic acids is 3. The van der Waals surface area contributed by atoms with Crippen LogP contribution in [0.1, 0.15) is 41.5 Å². The third-order valence-electron chi connectivity index (χ3n) is 5.66. The molecule has 0 aliphatic heterocycles. The lowest BCUT2D eigenvalue weighted by atomic mass is 10.1. The quantitative estimate of drug-likeness (QED) is 0.127. The first-order chi connectivity index (χ1) is 20.7. The summed E-state index contributed by atoms with van der Waals surface area (Å²) >= 11 is 0. The Kier molecular flexibility index (Phi) is 12.1. The summed E-state index contributed by atoms with van der Waals surface area (Å²) in [5.41, 5.74) is -2.70. The number of nitrogens with zero attached hydrogens (tertiary/aromatic N) is 3. The fourth-order valence-corrected chi connectivity index (χ4v) is 3.64. The molecule has 17 nitrogen and oxygen atoms in total. The predicted octanol–water partition coefficient (Wildman–Crippen LogP) is 3.79. The second-order valence-electron chi connectivity index (χ2n) is 9.70. The minimum Gasteiger partial charge on any atom is -0.493 e. The van der Waals surface area contributed by atoms with Gasteiger partial charge < -0.3 is 38.1 Å². The van der Waals surface area contributed by atoms with Crippen LogP contribution >= 0.6 is 0 Å². The van der Waals surface area contributed by atoms with Crippen LogP contribution < -0.4 is 18.9 Å². The van der Waals surface area contributed by atoms with Crippen LogP contribution in [0, 0.1) is 20.2 Å². The van der Waals surface area contributed by atoms with Crippen molar-refractivity contribution in [2.24, 2.45) is 0 Å². The van der Waals surface area contributed by atoms with Crippen molar-refractivity contribution in [3.8, 4) is 23.0 Å². The first-order valence-electron chi connectivity index (χ1n) is 12.8. The minimum absolute atomic E-state index is 0.00671. The third kappa shape index (κ3) is 9.07. The molecule has 0 atom stereocenters. The van der Waals surface area contributed by atoms with Crippen LogP contribution in [0.25, 0.3) is 0 Å². The lowest BCUT2D eigenvalue weighted by Gasteiger charge is -2.27. The summed E-state index contributed by atoms with van der Waals surface area (Å²) in [7, 11) is 4.70. The van der Waals surface area contributed by atoms with Gasteiger partial charge in [-0.2, -0.15) is 0 Å². The van der Waals surface area contributed by atoms with Gasteiger partial charge >= 0.3 is 18.0 Å². The zero-order chi connectivity index (χ0) is 33.2. The normalized spacial score (nSPS) is 10.7. The highest BCUT2D eigenvalue weighted by molar-refractivity contribution is 5.95. The van der Waals surface area contributed by atoms with Gasteiger partial charge in [0.1, 0.15) is 29.9 Å². The molecule has 0 N–H and O–H groups in total. The molecular weight excluding hydrogens is 590 g/mol. The number of benzene rings is 2. The van der Waals surface area contributed by atoms with Gasteiger partial charge in [-0.1, -0.05) is 0 Å². The van der Waals surface area contributed by atoms with Gasteiger partial charge in [-0.3, -0.25) is 20.2 Å². The molecule has 0 aliphatic carbocycles. The van der Waals surface area contributed by atoms with Gasteiger partial charge in [0.2, 0.25) is 0 Å². The van der Waals surface area contributed by atoms with E-state index < -0.39 is 44.9 Å². The molecule has 0 unspecified atom stereocenters. The zero-order valence-corrected chi connectivity index (χ0v) is 25.2. The van der Waals surface area contributed by atoms with Crippen molar-refractivity contribution in [2.45, 2.75) is 26.4 Å². The van der Waals surface area contributed by atoms with Crippen LogP contribution in [0.4, 0.5) is 16.2 Å². The molecular formula is C27H33N3O14. The van der Waals surface area contributed by atoms with Crippen LogP contribution in [0.2, 0.25) is 0 Å². The van der Waals surface area contributed by atoms with Crippen molar-refractivity contribution in [1.29, 1.82) is 0 Å². The van der Waals surface area contributed by atoms with Crippen molar-refractivity contribution in [1.82, 2.24) is 4.90 Å². The van der Waals surface area contributed by atoms with Gasteiger partial charge in [0.25, 0.3) is 11.4 Å². The molecule has 44 heavy (non-hydrogen) atoms. The van der Waals surface area contributed by atoms with E-state index in [2.05, 4.69) is 9.47 Å². The molecule has 2 aromatic carbocycles. The number of rotatable bonds is 14. The van der Waals surface area contributed by atoms with E-state index in [9.17, 15) is 34.6 Å². The number of amides is 1. The summed E-state index contributed by atoms with van der Waals surface area (Å²) in [6.45, 7) is 4.38. The standard InChI is InChI=1S/C27H33N3O14/c1-27(2,3)44-26(33)28(8-10-42-22-14-18(29(34)35)16(24(31)40-6)12-20(22)38-4)9-11-43-23-15-19(30(36)37)17(25(32)41-7)13-21(23)39-5/h12-15H,8-11H2,1-7H3. The van der Waals surface area contributed by atoms with Gasteiger partial charge in [0, 0.05) is 12.1 Å². The fraction of sp³-hybridized carbons (Fsp3) is 0.444. The van der Waals surface area contributed by atoms with Crippen molar-refractivity contribution in [3.05, 3.63) is 55.6 Å². The molecule has 2 aromatic rings. The maximum absolute atomic E-state index is 12.9. The average molecular weight is 624 g/mol. The molecule has 0 saturated carbocycles. The Bertz CT molecular complexity index is 1310. The summed E-state index contributed by atoms with van der Waals surface area (Å²) in [4.78, 5) is 59.7. The summed E-state index contributed by atoms with van der Waals surface area (Å²) < 4.78 is 36.4. The third-order valence-corrected chi connectivity index (χ3v) is 5.66. The molecule has 1 amide bonds. The van der Waals surface area contributed by atoms with E-state index in [0.717, 1.165) is 38.5 Å². The highest BCUT2D eigenvalue weighted by Gasteiger charge is 2.28. The van der Waals surface area contributed by atoms with Gasteiger partial charge in [-0.15, -0.1) is 0 Å². The Morgan fingerprint density at radius 1 is 0.705 bits per heavy atom. The minimum atomic E-state index is -0.945. The summed E-state index contributed by atoms with van der Waals surface area (Å²) in [5, 5.41) is 23.1. The van der Waals surface area contributed by atoms with Crippen LogP contribution in [-0.2, 0) is 14.2 Å². The molecule has 0 aromatic heterocycles. The second-order valence-corrected chi connectivity index (χ2v) is 9.70. The van der Waals surface area contributed by atoms with E-state index in [0.29, 0.717) is 0 Å². The van der Waals surface area contributed by atoms with Crippen molar-refractivity contribution < 1.29 is 57.4 Å². The number of nitro groups is 2. The molecule has 2 rings (SSSR count). The van der Waals surface area contributed by atoms with Crippen molar-refractivity contribution in [3.63, 3.8) is 0 Å². The summed E-state index contributed by atoms with van der Waals surface area (Å²) in [6, 6.07) is 4.22. The second kappa shape index (κ2) is 15.2. The Hall–Kier alpha value is -5.35. The summed E-state index contributed by atoms with van der Waals surface area (Å²) in [6.07, 6.45) is -0.748. The lowest BCUT2D eigenvalue weighted by molar-refractivity contribution is -0.385. The van der Waals surface area contributed by atoms with E-state index in [1.807, 2.05) is 0 Å². The molecule has 0 aliphatic rings. The van der Waals surface area contributed by atoms with E-state index >= 15 is 0 Å². The van der Waals surface area contributed by atoms with Gasteiger partial charge in [-0.05, 0) is 20.8 Å². The number of hydrogen-bond acceptors (Lipinski definition) is 14. The van der Waals surface area contributed by atoms with Crippen LogP contribution in [0.15, 0.2) is 24.3 Å². The van der Waals surface area contributed by atoms with E-state index in [4.69, 9.17) is 23.7 Å². The molecule has 0 spiro atoms. The fourth-order valence-electron chi connectivity index (χ4n) is 3.64. The highest BCUT2D eigenvalue weighted by Crippen LogP contribution is 2.36. The molecule has 0 bridgehead atoms. The largest absolute Gasteiger partial charge is 0.493 e. The predicted molar refractivity (Wildman–Crippen MR) is 151 cm³/mol. The average Bonchev–Trinajstić information content (AvgIpc) is 2.97. The van der Waals surface area contributed by atoms with Gasteiger partial charge in [-0.25, -0.2) is 14.4 Å². The van der Waals surface area contributed by atoms with E-state index in [1.54, 1.807) is 20.8 Å². The number of esters is 2. The first kappa shape index (κ1) is 34.8. The maximum Gasteiger partial charge on any atom is 0.410 e. The number of carbonyl (C=O) groups is 3. The van der Waals surface area contributed by atoms with Gasteiger partial charge in [0.05, 0.1) is 63.5 Å². The topological polar surface area (TPSA) is 205 Å². The van der Waals surface area contributed by atoms with Crippen molar-refractivity contribution >= 4 is 29.4 Å².